The number of pyridine rings is 1. The van der Waals surface area contributed by atoms with Gasteiger partial charge in [-0.25, -0.2) is 4.98 Å². The number of nitrogens with zero attached hydrogens (tertiary/aromatic N) is 3. The number of anilines is 6. The van der Waals surface area contributed by atoms with Crippen molar-refractivity contribution in [1.82, 2.24) is 4.98 Å². The minimum Gasteiger partial charge on any atom is -0.311 e. The number of rotatable bonds is 3. The van der Waals surface area contributed by atoms with E-state index in [2.05, 4.69) is 132 Å². The molecule has 5 heterocycles. The summed E-state index contributed by atoms with van der Waals surface area (Å²) >= 11 is 0. The Morgan fingerprint density at radius 2 is 1.07 bits per heavy atom. The van der Waals surface area contributed by atoms with Crippen molar-refractivity contribution in [3.05, 3.63) is 143 Å². The first-order chi connectivity index (χ1) is 28.2. The molecule has 2 spiro atoms. The molecule has 57 heavy (non-hydrogen) atoms. The van der Waals surface area contributed by atoms with Crippen LogP contribution in [0.1, 0.15) is 112 Å². The molecule has 4 heteroatoms. The monoisotopic (exact) mass is 737 g/mol. The second-order valence-electron chi connectivity index (χ2n) is 18.2. The van der Waals surface area contributed by atoms with Crippen LogP contribution in [-0.4, -0.2) is 11.7 Å². The topological polar surface area (TPSA) is 19.4 Å². The molecule has 2 saturated carbocycles. The normalized spacial score (nSPS) is 18.6. The number of aryl methyl sites for hydroxylation is 1. The lowest BCUT2D eigenvalue weighted by molar-refractivity contribution is 0.344. The number of benzene rings is 6. The van der Waals surface area contributed by atoms with Crippen molar-refractivity contribution in [2.45, 2.75) is 101 Å². The van der Waals surface area contributed by atoms with E-state index >= 15 is 0 Å². The number of unbranched alkanes of at least 4 members (excludes halogenated alkanes) is 1. The maximum atomic E-state index is 5.88. The van der Waals surface area contributed by atoms with Gasteiger partial charge in [0.05, 0.1) is 22.6 Å². The molecule has 0 unspecified atom stereocenters. The first-order valence-corrected chi connectivity index (χ1v) is 22.2. The third kappa shape index (κ3) is 4.07. The Balaban J connectivity index is 1.22. The van der Waals surface area contributed by atoms with Crippen LogP contribution in [0.5, 0.6) is 0 Å². The van der Waals surface area contributed by atoms with E-state index < -0.39 is 0 Å². The molecule has 7 aromatic rings. The van der Waals surface area contributed by atoms with Gasteiger partial charge < -0.3 is 9.80 Å². The average Bonchev–Trinajstić information content (AvgIpc) is 3.28. The van der Waals surface area contributed by atoms with Gasteiger partial charge in [0.1, 0.15) is 0 Å². The van der Waals surface area contributed by atoms with E-state index in [-0.39, 0.29) is 17.5 Å². The van der Waals surface area contributed by atoms with Gasteiger partial charge in [-0.2, -0.15) is 0 Å². The molecule has 0 N–H and O–H groups in total. The Bertz CT molecular complexity index is 2830. The van der Waals surface area contributed by atoms with Crippen molar-refractivity contribution in [3.8, 4) is 0 Å². The molecule has 0 atom stereocenters. The number of hydrogen-bond acceptors (Lipinski definition) is 3. The maximum Gasteiger partial charge on any atom is 0.252 e. The molecule has 0 bridgehead atoms. The fourth-order valence-corrected chi connectivity index (χ4v) is 13.3. The minimum absolute atomic E-state index is 0.0237. The Hall–Kier alpha value is -5.35. The Morgan fingerprint density at radius 3 is 1.70 bits per heavy atom. The lowest BCUT2D eigenvalue weighted by Gasteiger charge is -2.54. The molecular weight excluding hydrogens is 689 g/mol. The van der Waals surface area contributed by atoms with Gasteiger partial charge in [0, 0.05) is 44.4 Å². The Labute approximate surface area is 336 Å². The highest BCUT2D eigenvalue weighted by Gasteiger charge is 2.54. The first kappa shape index (κ1) is 32.7. The zero-order valence-electron chi connectivity index (χ0n) is 33.1. The highest BCUT2D eigenvalue weighted by Crippen LogP contribution is 2.62. The van der Waals surface area contributed by atoms with Crippen LogP contribution in [0.3, 0.4) is 0 Å². The summed E-state index contributed by atoms with van der Waals surface area (Å²) in [6.45, 7) is 2.42. The van der Waals surface area contributed by atoms with Crippen molar-refractivity contribution in [1.29, 1.82) is 0 Å². The molecule has 0 amide bonds. The molecule has 1 aromatic heterocycles. The smallest absolute Gasteiger partial charge is 0.252 e. The number of fused-ring (bicyclic) bond motifs is 16. The van der Waals surface area contributed by atoms with Crippen LogP contribution in [0.2, 0.25) is 0 Å². The van der Waals surface area contributed by atoms with E-state index in [0.29, 0.717) is 0 Å². The third-order valence-corrected chi connectivity index (χ3v) is 15.6. The second-order valence-corrected chi connectivity index (χ2v) is 18.2. The van der Waals surface area contributed by atoms with Crippen LogP contribution in [0.4, 0.5) is 34.1 Å². The predicted octanol–water partition coefficient (Wildman–Crippen LogP) is 11.9. The molecule has 2 fully saturated rings. The van der Waals surface area contributed by atoms with Crippen LogP contribution in [0.25, 0.3) is 21.7 Å². The minimum atomic E-state index is 0.0237. The van der Waals surface area contributed by atoms with E-state index in [1.807, 2.05) is 0 Å². The number of hydrogen-bond donors (Lipinski definition) is 0. The van der Waals surface area contributed by atoms with E-state index in [4.69, 9.17) is 4.98 Å². The van der Waals surface area contributed by atoms with Crippen LogP contribution >= 0.6 is 0 Å². The summed E-state index contributed by atoms with van der Waals surface area (Å²) in [5.74, 6) is 0. The van der Waals surface area contributed by atoms with E-state index in [9.17, 15) is 0 Å². The van der Waals surface area contributed by atoms with Gasteiger partial charge in [-0.15, -0.1) is 0 Å². The Kier molecular flexibility index (Phi) is 6.80. The quantitative estimate of drug-likeness (QED) is 0.133. The zero-order chi connectivity index (χ0) is 37.5. The van der Waals surface area contributed by atoms with Gasteiger partial charge in [-0.1, -0.05) is 149 Å². The highest BCUT2D eigenvalue weighted by molar-refractivity contribution is 7.00. The lowest BCUT2D eigenvalue weighted by atomic mass is 9.32. The largest absolute Gasteiger partial charge is 0.311 e. The van der Waals surface area contributed by atoms with Crippen molar-refractivity contribution in [2.75, 3.05) is 9.80 Å². The zero-order valence-corrected chi connectivity index (χ0v) is 33.1. The van der Waals surface area contributed by atoms with E-state index in [0.717, 1.165) is 24.8 Å². The van der Waals surface area contributed by atoms with Crippen LogP contribution in [0, 0.1) is 0 Å². The van der Waals surface area contributed by atoms with Gasteiger partial charge in [0.15, 0.2) is 0 Å². The molecule has 3 nitrogen and oxygen atoms in total. The van der Waals surface area contributed by atoms with Gasteiger partial charge >= 0.3 is 0 Å². The maximum absolute atomic E-state index is 5.88. The highest BCUT2D eigenvalue weighted by atomic mass is 15.2. The van der Waals surface area contributed by atoms with Crippen molar-refractivity contribution in [3.63, 3.8) is 0 Å². The molecule has 6 aromatic carbocycles. The van der Waals surface area contributed by atoms with Gasteiger partial charge in [0.25, 0.3) is 6.71 Å². The SMILES string of the molecule is CCCCc1nc2c3c4c(cc2c2ccccc12)N1c2ccccc2C2(CCCCC2)c2cccc(c21)B4c1cccc2c1N3c1ccccc1C21CCCCC1. The summed E-state index contributed by atoms with van der Waals surface area (Å²) in [5.41, 5.74) is 21.2. The molecule has 278 valence electrons. The van der Waals surface area contributed by atoms with Crippen LogP contribution in [-0.2, 0) is 17.3 Å². The summed E-state index contributed by atoms with van der Waals surface area (Å²) in [7, 11) is 0. The molecular formula is C53H48BN3. The lowest BCUT2D eigenvalue weighted by Crippen LogP contribution is -2.63. The number of aromatic nitrogens is 1. The molecule has 0 radical (unpaired) electrons. The van der Waals surface area contributed by atoms with Crippen molar-refractivity contribution in [2.24, 2.45) is 0 Å². The molecule has 2 aliphatic carbocycles. The summed E-state index contributed by atoms with van der Waals surface area (Å²) in [5, 5.41) is 3.90. The fourth-order valence-electron chi connectivity index (χ4n) is 13.3. The van der Waals surface area contributed by atoms with E-state index in [1.54, 1.807) is 5.56 Å². The van der Waals surface area contributed by atoms with Crippen LogP contribution < -0.4 is 26.2 Å². The molecule has 6 aliphatic rings. The summed E-state index contributed by atoms with van der Waals surface area (Å²) in [4.78, 5) is 11.3. The molecule has 13 rings (SSSR count). The number of para-hydroxylation sites is 4. The summed E-state index contributed by atoms with van der Waals surface area (Å²) in [6, 6.07) is 45.6. The van der Waals surface area contributed by atoms with Gasteiger partial charge in [-0.05, 0) is 101 Å². The van der Waals surface area contributed by atoms with Crippen molar-refractivity contribution < 1.29 is 0 Å². The average molecular weight is 738 g/mol. The fraction of sp³-hybridized carbons (Fsp3) is 0.302. The predicted molar refractivity (Wildman–Crippen MR) is 240 cm³/mol. The van der Waals surface area contributed by atoms with Gasteiger partial charge in [0.2, 0.25) is 0 Å². The molecule has 0 saturated heterocycles. The molecule has 4 aliphatic heterocycles. The van der Waals surface area contributed by atoms with Gasteiger partial charge in [-0.3, -0.25) is 0 Å². The first-order valence-electron chi connectivity index (χ1n) is 22.2. The third-order valence-electron chi connectivity index (χ3n) is 15.6. The summed E-state index contributed by atoms with van der Waals surface area (Å²) < 4.78 is 0. The van der Waals surface area contributed by atoms with Crippen LogP contribution in [0.15, 0.2) is 115 Å². The second kappa shape index (κ2) is 11.9. The summed E-state index contributed by atoms with van der Waals surface area (Å²) in [6.07, 6.45) is 15.9. The Morgan fingerprint density at radius 1 is 0.526 bits per heavy atom. The standard InChI is InChI=1S/C53H48BN3/c1-2-3-26-43-35-19-7-6-18-34(35)36-33-46-47-51(48(36)55-43)57-45-28-11-9-21-38(45)53(31-14-5-15-32-53)40-23-17-25-42(50(40)57)54(47)41-24-16-22-39-49(41)56(46)44-27-10-8-20-37(44)52(39)29-12-4-13-30-52/h6-11,16-25,27-28,33H,2-5,12-15,26,29-32H2,1H3. The van der Waals surface area contributed by atoms with Crippen molar-refractivity contribution >= 4 is 78.9 Å². The van der Waals surface area contributed by atoms with E-state index in [1.165, 1.54) is 153 Å².